The van der Waals surface area contributed by atoms with Crippen LogP contribution in [0.5, 0.6) is 0 Å². The van der Waals surface area contributed by atoms with E-state index in [0.29, 0.717) is 29.0 Å². The van der Waals surface area contributed by atoms with Crippen LogP contribution in [0.15, 0.2) is 41.2 Å². The Morgan fingerprint density at radius 2 is 2.16 bits per heavy atom. The van der Waals surface area contributed by atoms with Crippen LogP contribution in [0.4, 0.5) is 0 Å². The number of pyridine rings is 2. The normalized spacial score (nSPS) is 19.2. The van der Waals surface area contributed by atoms with E-state index < -0.39 is 17.5 Å². The lowest BCUT2D eigenvalue weighted by atomic mass is 9.86. The summed E-state index contributed by atoms with van der Waals surface area (Å²) in [5, 5.41) is 11.8. The van der Waals surface area contributed by atoms with Crippen molar-refractivity contribution in [3.05, 3.63) is 69.0 Å². The van der Waals surface area contributed by atoms with Gasteiger partial charge >= 0.3 is 5.97 Å². The Balaban J connectivity index is 1.76. The molecule has 5 rings (SSSR count). The second-order valence-corrected chi connectivity index (χ2v) is 7.75. The molecule has 31 heavy (non-hydrogen) atoms. The first-order chi connectivity index (χ1) is 14.8. The van der Waals surface area contributed by atoms with Gasteiger partial charge in [0.1, 0.15) is 6.61 Å². The molecule has 2 aliphatic heterocycles. The topological polar surface area (TPSA) is 125 Å². The summed E-state index contributed by atoms with van der Waals surface area (Å²) in [7, 11) is 0. The number of carbonyl (C=O) groups excluding carboxylic acids is 2. The summed E-state index contributed by atoms with van der Waals surface area (Å²) in [6.07, 6.45) is 2.96. The number of benzene rings is 1. The van der Waals surface area contributed by atoms with Gasteiger partial charge in [0.2, 0.25) is 5.91 Å². The van der Waals surface area contributed by atoms with Crippen molar-refractivity contribution >= 4 is 28.9 Å². The maximum atomic E-state index is 13.2. The highest BCUT2D eigenvalue weighted by Gasteiger charge is 2.45. The Labute approximate surface area is 176 Å². The molecule has 3 N–H and O–H groups in total. The van der Waals surface area contributed by atoms with Crippen molar-refractivity contribution in [3.63, 3.8) is 0 Å². The molecule has 156 valence electrons. The fourth-order valence-corrected chi connectivity index (χ4v) is 4.34. The van der Waals surface area contributed by atoms with Gasteiger partial charge in [0.25, 0.3) is 5.56 Å². The van der Waals surface area contributed by atoms with Crippen molar-refractivity contribution < 1.29 is 19.4 Å². The number of hydrogen-bond acceptors (Lipinski definition) is 6. The number of fused-ring (bicyclic) bond motifs is 5. The minimum absolute atomic E-state index is 0.0851. The summed E-state index contributed by atoms with van der Waals surface area (Å²) in [5.41, 5.74) is 6.99. The van der Waals surface area contributed by atoms with Gasteiger partial charge < -0.3 is 20.1 Å². The molecule has 2 aromatic heterocycles. The van der Waals surface area contributed by atoms with E-state index in [4.69, 9.17) is 15.5 Å². The molecule has 4 heterocycles. The van der Waals surface area contributed by atoms with Gasteiger partial charge in [-0.2, -0.15) is 0 Å². The number of aliphatic hydroxyl groups is 1. The number of esters is 1. The van der Waals surface area contributed by atoms with Crippen molar-refractivity contribution in [2.75, 3.05) is 0 Å². The number of nitrogens with zero attached hydrogens (tertiary/aromatic N) is 2. The molecule has 8 nitrogen and oxygen atoms in total. The molecule has 0 saturated heterocycles. The first-order valence-corrected chi connectivity index (χ1v) is 9.91. The number of nitrogens with two attached hydrogens (primary N) is 1. The molecule has 2 aliphatic rings. The first kappa shape index (κ1) is 19.2. The number of ether oxygens (including phenoxy) is 1. The summed E-state index contributed by atoms with van der Waals surface area (Å²) in [6.45, 7) is 1.83. The van der Waals surface area contributed by atoms with Gasteiger partial charge in [0.15, 0.2) is 5.60 Å². The number of aromatic nitrogens is 2. The Kier molecular flexibility index (Phi) is 4.10. The highest BCUT2D eigenvalue weighted by molar-refractivity contribution is 5.95. The third-order valence-electron chi connectivity index (χ3n) is 6.00. The van der Waals surface area contributed by atoms with Gasteiger partial charge in [-0.25, -0.2) is 9.78 Å². The highest BCUT2D eigenvalue weighted by Crippen LogP contribution is 2.38. The van der Waals surface area contributed by atoms with Crippen molar-refractivity contribution in [1.29, 1.82) is 0 Å². The summed E-state index contributed by atoms with van der Waals surface area (Å²) in [4.78, 5) is 41.4. The number of hydrogen-bond donors (Lipinski definition) is 2. The monoisotopic (exact) mass is 417 g/mol. The molecule has 8 heteroatoms. The largest absolute Gasteiger partial charge is 0.458 e. The fraction of sp³-hybridized carbons (Fsp3) is 0.217. The number of amides is 1. The molecule has 3 aromatic rings. The lowest BCUT2D eigenvalue weighted by Crippen LogP contribution is -2.44. The number of rotatable bonds is 3. The Bertz CT molecular complexity index is 1390. The third-order valence-corrected chi connectivity index (χ3v) is 6.00. The van der Waals surface area contributed by atoms with Crippen LogP contribution in [0, 0.1) is 0 Å². The van der Waals surface area contributed by atoms with Crippen LogP contribution in [0.3, 0.4) is 0 Å². The average molecular weight is 417 g/mol. The lowest BCUT2D eigenvalue weighted by Gasteiger charge is -2.31. The second-order valence-electron chi connectivity index (χ2n) is 7.75. The van der Waals surface area contributed by atoms with Crippen molar-refractivity contribution in [1.82, 2.24) is 9.55 Å². The molecule has 0 aliphatic carbocycles. The maximum Gasteiger partial charge on any atom is 0.343 e. The van der Waals surface area contributed by atoms with Gasteiger partial charge in [0.05, 0.1) is 29.0 Å². The number of cyclic esters (lactones) is 1. The van der Waals surface area contributed by atoms with Crippen LogP contribution in [-0.2, 0) is 33.1 Å². The zero-order valence-corrected chi connectivity index (χ0v) is 16.7. The molecule has 1 unspecified atom stereocenters. The first-order valence-electron chi connectivity index (χ1n) is 9.91. The third kappa shape index (κ3) is 2.72. The summed E-state index contributed by atoms with van der Waals surface area (Å²) in [6, 6.07) is 9.21. The van der Waals surface area contributed by atoms with E-state index in [0.717, 1.165) is 10.9 Å². The van der Waals surface area contributed by atoms with E-state index in [-0.39, 0.29) is 29.7 Å². The number of primary amides is 1. The van der Waals surface area contributed by atoms with Crippen LogP contribution >= 0.6 is 0 Å². The molecule has 1 amide bonds. The summed E-state index contributed by atoms with van der Waals surface area (Å²) < 4.78 is 6.68. The minimum atomic E-state index is -1.86. The second kappa shape index (κ2) is 6.61. The van der Waals surface area contributed by atoms with Crippen molar-refractivity contribution in [3.8, 4) is 11.4 Å². The lowest BCUT2D eigenvalue weighted by molar-refractivity contribution is -0.172. The van der Waals surface area contributed by atoms with Crippen LogP contribution < -0.4 is 11.3 Å². The molecule has 0 bridgehead atoms. The van der Waals surface area contributed by atoms with Gasteiger partial charge in [-0.1, -0.05) is 25.1 Å². The molecular weight excluding hydrogens is 398 g/mol. The zero-order chi connectivity index (χ0) is 21.9. The summed E-state index contributed by atoms with van der Waals surface area (Å²) >= 11 is 0. The van der Waals surface area contributed by atoms with Crippen LogP contribution in [0.2, 0.25) is 0 Å². The molecular formula is C23H19N3O5. The van der Waals surface area contributed by atoms with E-state index in [9.17, 15) is 19.5 Å². The molecule has 1 atom stereocenters. The van der Waals surface area contributed by atoms with E-state index in [1.165, 1.54) is 6.08 Å². The standard InChI is InChI=1S/C23H19N3O5/c1-2-23(30)16-9-17-20-14(10-26(17)21(28)15(16)11-31-22(23)29)8-13-5-3-4-12(19(13)25-20)6-7-18(24)27/h3-9,30H,2,10-11H2,1H3,(H2,24,27). The zero-order valence-electron chi connectivity index (χ0n) is 16.7. The average Bonchev–Trinajstić information content (AvgIpc) is 3.11. The van der Waals surface area contributed by atoms with E-state index in [2.05, 4.69) is 0 Å². The SMILES string of the molecule is CCC1(O)C(=O)OCc2c1cc1n(c2=O)Cc2cc3cccc(C=CC(N)=O)c3nc2-1. The van der Waals surface area contributed by atoms with E-state index in [1.54, 1.807) is 23.6 Å². The minimum Gasteiger partial charge on any atom is -0.458 e. The van der Waals surface area contributed by atoms with Crippen LogP contribution in [0.1, 0.15) is 35.6 Å². The van der Waals surface area contributed by atoms with Gasteiger partial charge in [-0.3, -0.25) is 9.59 Å². The van der Waals surface area contributed by atoms with Crippen molar-refractivity contribution in [2.45, 2.75) is 32.1 Å². The predicted molar refractivity (Wildman–Crippen MR) is 113 cm³/mol. The Morgan fingerprint density at radius 3 is 2.90 bits per heavy atom. The predicted octanol–water partition coefficient (Wildman–Crippen LogP) is 1.58. The molecule has 0 spiro atoms. The van der Waals surface area contributed by atoms with Crippen LogP contribution in [0.25, 0.3) is 28.4 Å². The Morgan fingerprint density at radius 1 is 1.35 bits per heavy atom. The van der Waals surface area contributed by atoms with E-state index >= 15 is 0 Å². The quantitative estimate of drug-likeness (QED) is 0.385. The highest BCUT2D eigenvalue weighted by atomic mass is 16.6. The number of carbonyl (C=O) groups is 2. The fourth-order valence-electron chi connectivity index (χ4n) is 4.34. The molecule has 1 aromatic carbocycles. The van der Waals surface area contributed by atoms with Gasteiger partial charge in [-0.05, 0) is 24.6 Å². The molecule has 0 radical (unpaired) electrons. The van der Waals surface area contributed by atoms with Crippen molar-refractivity contribution in [2.24, 2.45) is 5.73 Å². The maximum absolute atomic E-state index is 13.2. The molecule has 0 saturated carbocycles. The Hall–Kier alpha value is -3.78. The van der Waals surface area contributed by atoms with Gasteiger partial charge in [0, 0.05) is 28.2 Å². The van der Waals surface area contributed by atoms with Gasteiger partial charge in [-0.15, -0.1) is 0 Å². The summed E-state index contributed by atoms with van der Waals surface area (Å²) in [5.74, 6) is -1.32. The smallest absolute Gasteiger partial charge is 0.343 e. The number of para-hydroxylation sites is 1. The van der Waals surface area contributed by atoms with Crippen LogP contribution in [-0.4, -0.2) is 26.5 Å². The van der Waals surface area contributed by atoms with E-state index in [1.807, 2.05) is 24.3 Å². The molecule has 0 fully saturated rings.